The van der Waals surface area contributed by atoms with Crippen LogP contribution in [0, 0.1) is 0 Å². The first kappa shape index (κ1) is 15.6. The normalized spacial score (nSPS) is 11.6. The molecule has 0 radical (unpaired) electrons. The van der Waals surface area contributed by atoms with Gasteiger partial charge in [-0.2, -0.15) is 0 Å². The van der Waals surface area contributed by atoms with E-state index >= 15 is 0 Å². The fourth-order valence-electron chi connectivity index (χ4n) is 2.29. The summed E-state index contributed by atoms with van der Waals surface area (Å²) in [4.78, 5) is 16.2. The molecule has 3 aromatic rings. The Morgan fingerprint density at radius 1 is 1.04 bits per heavy atom. The average molecular weight is 323 g/mol. The smallest absolute Gasteiger partial charge is 0.319 e. The summed E-state index contributed by atoms with van der Waals surface area (Å²) in [5, 5.41) is 11.2. The van der Waals surface area contributed by atoms with Gasteiger partial charge in [0, 0.05) is 10.9 Å². The van der Waals surface area contributed by atoms with Crippen molar-refractivity contribution in [3.8, 4) is 11.1 Å². The van der Waals surface area contributed by atoms with Crippen LogP contribution in [0.4, 0.5) is 0 Å². The zero-order valence-electron chi connectivity index (χ0n) is 13.0. The Kier molecular flexibility index (Phi) is 4.09. The molecule has 0 aliphatic rings. The van der Waals surface area contributed by atoms with E-state index in [0.717, 1.165) is 27.1 Å². The van der Waals surface area contributed by atoms with Gasteiger partial charge in [-0.15, -0.1) is 0 Å². The number of rotatable bonds is 4. The van der Waals surface area contributed by atoms with Gasteiger partial charge in [0.05, 0.1) is 5.52 Å². The lowest BCUT2D eigenvalue weighted by Gasteiger charge is -2.20. The standard InChI is InChI=1S/C19H17NO2S/c1-19(2,18(21)22)23-17-15(13-8-4-3-5-9-13)12-14-10-6-7-11-16(14)20-17/h3-12H,1-2H3,(H,21,22). The molecular formula is C19H17NO2S. The third-order valence-electron chi connectivity index (χ3n) is 3.64. The highest BCUT2D eigenvalue weighted by atomic mass is 32.2. The molecule has 116 valence electrons. The number of aromatic nitrogens is 1. The molecule has 0 atom stereocenters. The first-order valence-electron chi connectivity index (χ1n) is 7.35. The molecule has 0 saturated heterocycles. The largest absolute Gasteiger partial charge is 0.480 e. The van der Waals surface area contributed by atoms with E-state index in [1.54, 1.807) is 13.8 Å². The Balaban J connectivity index is 2.19. The molecule has 0 unspecified atom stereocenters. The first-order valence-corrected chi connectivity index (χ1v) is 8.17. The number of hydrogen-bond acceptors (Lipinski definition) is 3. The molecule has 4 heteroatoms. The zero-order chi connectivity index (χ0) is 16.4. The van der Waals surface area contributed by atoms with Gasteiger partial charge in [-0.25, -0.2) is 4.98 Å². The van der Waals surface area contributed by atoms with Crippen LogP contribution < -0.4 is 0 Å². The Morgan fingerprint density at radius 2 is 1.70 bits per heavy atom. The van der Waals surface area contributed by atoms with E-state index < -0.39 is 10.7 Å². The number of hydrogen-bond donors (Lipinski definition) is 1. The van der Waals surface area contributed by atoms with Crippen LogP contribution in [-0.2, 0) is 4.79 Å². The van der Waals surface area contributed by atoms with Gasteiger partial charge >= 0.3 is 5.97 Å². The Labute approximate surface area is 139 Å². The van der Waals surface area contributed by atoms with Gasteiger partial charge in [-0.1, -0.05) is 60.3 Å². The van der Waals surface area contributed by atoms with Crippen LogP contribution in [0.1, 0.15) is 13.8 Å². The monoisotopic (exact) mass is 323 g/mol. The van der Waals surface area contributed by atoms with Crippen LogP contribution in [0.25, 0.3) is 22.0 Å². The van der Waals surface area contributed by atoms with Crippen molar-refractivity contribution in [2.45, 2.75) is 23.6 Å². The van der Waals surface area contributed by atoms with E-state index in [9.17, 15) is 9.90 Å². The molecule has 1 heterocycles. The molecular weight excluding hydrogens is 306 g/mol. The van der Waals surface area contributed by atoms with Crippen LogP contribution in [0.5, 0.6) is 0 Å². The summed E-state index contributed by atoms with van der Waals surface area (Å²) in [6, 6.07) is 19.9. The van der Waals surface area contributed by atoms with Crippen LogP contribution in [-0.4, -0.2) is 20.8 Å². The number of carboxylic acid groups (broad SMARTS) is 1. The van der Waals surface area contributed by atoms with Crippen molar-refractivity contribution in [1.29, 1.82) is 0 Å². The molecule has 3 rings (SSSR count). The number of carboxylic acids is 1. The summed E-state index contributed by atoms with van der Waals surface area (Å²) in [5.41, 5.74) is 2.87. The van der Waals surface area contributed by atoms with E-state index in [1.807, 2.05) is 54.6 Å². The molecule has 1 N–H and O–H groups in total. The number of carbonyl (C=O) groups is 1. The maximum Gasteiger partial charge on any atom is 0.319 e. The lowest BCUT2D eigenvalue weighted by molar-refractivity contribution is -0.138. The van der Waals surface area contributed by atoms with E-state index in [1.165, 1.54) is 11.8 Å². The molecule has 0 saturated carbocycles. The highest BCUT2D eigenvalue weighted by Gasteiger charge is 2.30. The molecule has 0 aliphatic carbocycles. The van der Waals surface area contributed by atoms with Crippen LogP contribution in [0.2, 0.25) is 0 Å². The second-order valence-electron chi connectivity index (χ2n) is 5.82. The van der Waals surface area contributed by atoms with E-state index in [2.05, 4.69) is 6.07 Å². The van der Waals surface area contributed by atoms with Crippen LogP contribution in [0.3, 0.4) is 0 Å². The SMILES string of the molecule is CC(C)(Sc1nc2ccccc2cc1-c1ccccc1)C(=O)O. The molecule has 2 aromatic carbocycles. The molecule has 0 aliphatic heterocycles. The molecule has 23 heavy (non-hydrogen) atoms. The van der Waals surface area contributed by atoms with Crippen molar-refractivity contribution in [3.05, 3.63) is 60.7 Å². The average Bonchev–Trinajstić information content (AvgIpc) is 2.54. The number of para-hydroxylation sites is 1. The van der Waals surface area contributed by atoms with Gasteiger partial charge < -0.3 is 5.11 Å². The Hall–Kier alpha value is -2.33. The molecule has 1 aromatic heterocycles. The number of pyridine rings is 1. The van der Waals surface area contributed by atoms with E-state index in [-0.39, 0.29) is 0 Å². The Bertz CT molecular complexity index is 860. The van der Waals surface area contributed by atoms with Gasteiger partial charge in [-0.05, 0) is 31.5 Å². The minimum atomic E-state index is -0.945. The summed E-state index contributed by atoms with van der Waals surface area (Å²) in [6.07, 6.45) is 0. The third kappa shape index (κ3) is 3.22. The Morgan fingerprint density at radius 3 is 2.39 bits per heavy atom. The number of thioether (sulfide) groups is 1. The molecule has 0 fully saturated rings. The second-order valence-corrected chi connectivity index (χ2v) is 7.43. The summed E-state index contributed by atoms with van der Waals surface area (Å²) >= 11 is 1.28. The van der Waals surface area contributed by atoms with Gasteiger partial charge in [0.1, 0.15) is 9.77 Å². The maximum atomic E-state index is 11.5. The van der Waals surface area contributed by atoms with Crippen molar-refractivity contribution in [2.75, 3.05) is 0 Å². The third-order valence-corrected chi connectivity index (χ3v) is 4.83. The maximum absolute atomic E-state index is 11.5. The molecule has 0 amide bonds. The molecule has 3 nitrogen and oxygen atoms in total. The molecule has 0 spiro atoms. The predicted molar refractivity (Wildman–Crippen MR) is 94.8 cm³/mol. The van der Waals surface area contributed by atoms with Crippen molar-refractivity contribution >= 4 is 28.6 Å². The van der Waals surface area contributed by atoms with Gasteiger partial charge in [0.2, 0.25) is 0 Å². The minimum absolute atomic E-state index is 0.738. The van der Waals surface area contributed by atoms with Crippen molar-refractivity contribution in [1.82, 2.24) is 4.98 Å². The fourth-order valence-corrected chi connectivity index (χ4v) is 3.29. The highest BCUT2D eigenvalue weighted by molar-refractivity contribution is 8.01. The molecule has 0 bridgehead atoms. The second kappa shape index (κ2) is 6.05. The van der Waals surface area contributed by atoms with E-state index in [4.69, 9.17) is 4.98 Å². The van der Waals surface area contributed by atoms with Gasteiger partial charge in [0.25, 0.3) is 0 Å². The minimum Gasteiger partial charge on any atom is -0.480 e. The topological polar surface area (TPSA) is 50.2 Å². The summed E-state index contributed by atoms with van der Waals surface area (Å²) in [7, 11) is 0. The highest BCUT2D eigenvalue weighted by Crippen LogP contribution is 2.39. The fraction of sp³-hybridized carbons (Fsp3) is 0.158. The lowest BCUT2D eigenvalue weighted by atomic mass is 10.1. The quantitative estimate of drug-likeness (QED) is 0.697. The zero-order valence-corrected chi connectivity index (χ0v) is 13.8. The lowest BCUT2D eigenvalue weighted by Crippen LogP contribution is -2.27. The number of fused-ring (bicyclic) bond motifs is 1. The predicted octanol–water partition coefficient (Wildman–Crippen LogP) is 4.86. The van der Waals surface area contributed by atoms with Crippen molar-refractivity contribution in [2.24, 2.45) is 0 Å². The number of benzene rings is 2. The summed E-state index contributed by atoms with van der Waals surface area (Å²) in [5.74, 6) is -0.850. The first-order chi connectivity index (χ1) is 11.0. The van der Waals surface area contributed by atoms with Crippen LogP contribution >= 0.6 is 11.8 Å². The number of nitrogens with zero attached hydrogens (tertiary/aromatic N) is 1. The van der Waals surface area contributed by atoms with Gasteiger partial charge in [-0.3, -0.25) is 4.79 Å². The summed E-state index contributed by atoms with van der Waals surface area (Å²) < 4.78 is -0.945. The van der Waals surface area contributed by atoms with Crippen molar-refractivity contribution < 1.29 is 9.90 Å². The van der Waals surface area contributed by atoms with Gasteiger partial charge in [0.15, 0.2) is 0 Å². The van der Waals surface area contributed by atoms with E-state index in [0.29, 0.717) is 0 Å². The van der Waals surface area contributed by atoms with Crippen molar-refractivity contribution in [3.63, 3.8) is 0 Å². The van der Waals surface area contributed by atoms with Crippen LogP contribution in [0.15, 0.2) is 65.7 Å². The number of aliphatic carboxylic acids is 1. The summed E-state index contributed by atoms with van der Waals surface area (Å²) in [6.45, 7) is 3.40.